The molecule has 3 nitrogen and oxygen atoms in total. The van der Waals surface area contributed by atoms with Gasteiger partial charge in [-0.05, 0) is 23.3 Å². The zero-order valence-electron chi connectivity index (χ0n) is 19.9. The highest BCUT2D eigenvalue weighted by Crippen LogP contribution is 2.62. The Labute approximate surface area is 205 Å². The van der Waals surface area contributed by atoms with Gasteiger partial charge in [0.15, 0.2) is 7.14 Å². The first kappa shape index (κ1) is 21.7. The Hall–Kier alpha value is -3.81. The van der Waals surface area contributed by atoms with Crippen LogP contribution in [0, 0.1) is 0 Å². The van der Waals surface area contributed by atoms with Crippen molar-refractivity contribution in [3.8, 4) is 0 Å². The minimum absolute atomic E-state index is 0.343. The molecule has 0 spiro atoms. The van der Waals surface area contributed by atoms with Crippen molar-refractivity contribution in [2.45, 2.75) is 5.66 Å². The molecule has 0 radical (unpaired) electrons. The quantitative estimate of drug-likeness (QED) is 0.253. The summed E-state index contributed by atoms with van der Waals surface area (Å²) < 4.78 is 20.1. The van der Waals surface area contributed by atoms with Crippen molar-refractivity contribution >= 4 is 39.6 Å². The Morgan fingerprint density at radius 1 is 0.543 bits per heavy atom. The molecule has 0 unspecified atom stereocenters. The van der Waals surface area contributed by atoms with Crippen LogP contribution in [0.1, 0.15) is 16.8 Å². The Bertz CT molecular complexity index is 1570. The van der Waals surface area contributed by atoms with Crippen LogP contribution in [0.4, 0.5) is 0 Å². The number of benzene rings is 4. The molecule has 6 rings (SSSR count). The Balaban J connectivity index is 1.77. The molecule has 4 aromatic carbocycles. The molecule has 2 aromatic heterocycles. The normalized spacial score (nSPS) is 12.1. The van der Waals surface area contributed by atoms with E-state index in [1.807, 2.05) is 60.7 Å². The van der Waals surface area contributed by atoms with E-state index in [-0.39, 0.29) is 5.66 Å². The molecule has 0 aliphatic carbocycles. The summed E-state index contributed by atoms with van der Waals surface area (Å²) in [6.45, 7) is 0. The van der Waals surface area contributed by atoms with E-state index in [0.717, 1.165) is 43.5 Å². The van der Waals surface area contributed by atoms with Crippen LogP contribution in [0.2, 0.25) is 0 Å². The van der Waals surface area contributed by atoms with Crippen LogP contribution >= 0.6 is 7.14 Å². The second-order valence-electron chi connectivity index (χ2n) is 9.16. The van der Waals surface area contributed by atoms with Crippen molar-refractivity contribution in [1.29, 1.82) is 0 Å². The van der Waals surface area contributed by atoms with E-state index >= 15 is 4.57 Å². The van der Waals surface area contributed by atoms with Crippen LogP contribution < -0.4 is 10.6 Å². The molecule has 0 N–H and O–H groups in total. The minimum Gasteiger partial charge on any atom is -0.350 e. The summed E-state index contributed by atoms with van der Waals surface area (Å²) in [6.07, 6.45) is 4.35. The molecule has 6 aromatic rings. The summed E-state index contributed by atoms with van der Waals surface area (Å²) in [6, 6.07) is 36.9. The van der Waals surface area contributed by atoms with Gasteiger partial charge in [0.25, 0.3) is 0 Å². The van der Waals surface area contributed by atoms with Gasteiger partial charge in [-0.3, -0.25) is 0 Å². The fourth-order valence-electron chi connectivity index (χ4n) is 5.49. The lowest BCUT2D eigenvalue weighted by atomic mass is 10.0. The maximum atomic E-state index is 15.8. The molecule has 2 heterocycles. The number of para-hydroxylation sites is 2. The number of aryl methyl sites for hydroxylation is 2. The average molecular weight is 475 g/mol. The Morgan fingerprint density at radius 2 is 0.914 bits per heavy atom. The number of hydrogen-bond acceptors (Lipinski definition) is 1. The molecule has 0 saturated carbocycles. The Kier molecular flexibility index (Phi) is 5.24. The average Bonchev–Trinajstić information content (AvgIpc) is 3.42. The van der Waals surface area contributed by atoms with Crippen LogP contribution in [-0.4, -0.2) is 9.13 Å². The van der Waals surface area contributed by atoms with Crippen molar-refractivity contribution in [3.63, 3.8) is 0 Å². The van der Waals surface area contributed by atoms with Gasteiger partial charge < -0.3 is 13.7 Å². The van der Waals surface area contributed by atoms with E-state index in [1.54, 1.807) is 0 Å². The number of hydrogen-bond donors (Lipinski definition) is 0. The summed E-state index contributed by atoms with van der Waals surface area (Å²) in [5, 5.41) is 4.02. The van der Waals surface area contributed by atoms with Gasteiger partial charge in [0, 0.05) is 58.9 Å². The highest BCUT2D eigenvalue weighted by molar-refractivity contribution is 7.79. The first-order valence-electron chi connectivity index (χ1n) is 11.9. The Morgan fingerprint density at radius 3 is 1.34 bits per heavy atom. The monoisotopic (exact) mass is 474 g/mol. The summed E-state index contributed by atoms with van der Waals surface area (Å²) in [7, 11) is 0.956. The van der Waals surface area contributed by atoms with E-state index in [9.17, 15) is 0 Å². The lowest BCUT2D eigenvalue weighted by Crippen LogP contribution is -2.22. The summed E-state index contributed by atoms with van der Waals surface area (Å²) in [5.41, 5.74) is 4.12. The van der Waals surface area contributed by atoms with Crippen LogP contribution in [-0.2, 0) is 18.7 Å². The first-order valence-corrected chi connectivity index (χ1v) is 13.7. The topological polar surface area (TPSA) is 26.9 Å². The third-order valence-corrected chi connectivity index (χ3v) is 10.5. The van der Waals surface area contributed by atoms with Gasteiger partial charge in [-0.15, -0.1) is 0 Å². The number of rotatable bonds is 5. The maximum absolute atomic E-state index is 15.8. The second kappa shape index (κ2) is 8.45. The van der Waals surface area contributed by atoms with Crippen molar-refractivity contribution in [2.24, 2.45) is 14.1 Å². The minimum atomic E-state index is -3.19. The standard InChI is InChI=1S/C31H27N2OP/c1-32-21-27(25-17-9-11-19-29(25)32)31(28-22-33(2)30-20-12-10-18-26(28)30)35(34,23-13-5-3-6-14-23)24-15-7-4-8-16-24/h3-22,31H,1-2H3. The molecule has 35 heavy (non-hydrogen) atoms. The van der Waals surface area contributed by atoms with E-state index in [2.05, 4.69) is 84.2 Å². The first-order chi connectivity index (χ1) is 17.1. The van der Waals surface area contributed by atoms with E-state index < -0.39 is 7.14 Å². The van der Waals surface area contributed by atoms with E-state index in [4.69, 9.17) is 0 Å². The third kappa shape index (κ3) is 3.38. The summed E-state index contributed by atoms with van der Waals surface area (Å²) in [5.74, 6) is 0. The smallest absolute Gasteiger partial charge is 0.154 e. The molecular weight excluding hydrogens is 447 g/mol. The molecule has 4 heteroatoms. The maximum Gasteiger partial charge on any atom is 0.154 e. The van der Waals surface area contributed by atoms with Crippen LogP contribution in [0.25, 0.3) is 21.8 Å². The van der Waals surface area contributed by atoms with Crippen molar-refractivity contribution in [3.05, 3.63) is 133 Å². The molecule has 0 fully saturated rings. The van der Waals surface area contributed by atoms with Crippen molar-refractivity contribution < 1.29 is 4.57 Å². The second-order valence-corrected chi connectivity index (χ2v) is 12.0. The van der Waals surface area contributed by atoms with Gasteiger partial charge >= 0.3 is 0 Å². The highest BCUT2D eigenvalue weighted by Gasteiger charge is 2.41. The largest absolute Gasteiger partial charge is 0.350 e. The van der Waals surface area contributed by atoms with Gasteiger partial charge in [0.1, 0.15) is 0 Å². The lowest BCUT2D eigenvalue weighted by molar-refractivity contribution is 0.583. The molecule has 0 saturated heterocycles. The van der Waals surface area contributed by atoms with Crippen LogP contribution in [0.3, 0.4) is 0 Å². The molecule has 172 valence electrons. The summed E-state index contributed by atoms with van der Waals surface area (Å²) in [4.78, 5) is 0. The zero-order valence-corrected chi connectivity index (χ0v) is 20.8. The SMILES string of the molecule is Cn1cc(C(c2cn(C)c3ccccc23)P(=O)(c2ccccc2)c2ccccc2)c2ccccc21. The van der Waals surface area contributed by atoms with Crippen LogP contribution in [0.5, 0.6) is 0 Å². The van der Waals surface area contributed by atoms with Crippen molar-refractivity contribution in [1.82, 2.24) is 9.13 Å². The lowest BCUT2D eigenvalue weighted by Gasteiger charge is -2.29. The predicted octanol–water partition coefficient (Wildman–Crippen LogP) is 6.77. The molecular formula is C31H27N2OP. The molecule has 0 amide bonds. The zero-order chi connectivity index (χ0) is 24.0. The van der Waals surface area contributed by atoms with E-state index in [1.165, 1.54) is 0 Å². The summed E-state index contributed by atoms with van der Waals surface area (Å²) >= 11 is 0. The predicted molar refractivity (Wildman–Crippen MR) is 147 cm³/mol. The fraction of sp³-hybridized carbons (Fsp3) is 0.0968. The van der Waals surface area contributed by atoms with Crippen molar-refractivity contribution in [2.75, 3.05) is 0 Å². The van der Waals surface area contributed by atoms with Crippen LogP contribution in [0.15, 0.2) is 122 Å². The van der Waals surface area contributed by atoms with Gasteiger partial charge in [-0.2, -0.15) is 0 Å². The number of nitrogens with zero attached hydrogens (tertiary/aromatic N) is 2. The van der Waals surface area contributed by atoms with Gasteiger partial charge in [0.05, 0.1) is 5.66 Å². The van der Waals surface area contributed by atoms with Gasteiger partial charge in [-0.1, -0.05) is 97.1 Å². The third-order valence-electron chi connectivity index (χ3n) is 7.09. The van der Waals surface area contributed by atoms with E-state index in [0.29, 0.717) is 0 Å². The highest BCUT2D eigenvalue weighted by atomic mass is 31.2. The van der Waals surface area contributed by atoms with Gasteiger partial charge in [-0.25, -0.2) is 0 Å². The number of aromatic nitrogens is 2. The fourth-order valence-corrected chi connectivity index (χ4v) is 8.81. The molecule has 0 aliphatic rings. The molecule has 0 atom stereocenters. The molecule has 0 bridgehead atoms. The number of fused-ring (bicyclic) bond motifs is 2. The van der Waals surface area contributed by atoms with Gasteiger partial charge in [0.2, 0.25) is 0 Å². The molecule has 0 aliphatic heterocycles.